The number of hydrogen-bond acceptors (Lipinski definition) is 5. The number of benzene rings is 3. The molecule has 0 aliphatic rings. The molecule has 0 fully saturated rings. The minimum Gasteiger partial charge on any atom is -0.496 e. The summed E-state index contributed by atoms with van der Waals surface area (Å²) < 4.78 is 16.2. The first-order chi connectivity index (χ1) is 16.4. The number of nitrogens with one attached hydrogen (secondary N) is 1. The molecule has 4 rings (SSSR count). The first kappa shape index (κ1) is 23.4. The van der Waals surface area contributed by atoms with Crippen molar-refractivity contribution in [1.82, 2.24) is 0 Å². The van der Waals surface area contributed by atoms with E-state index < -0.39 is 11.5 Å². The van der Waals surface area contributed by atoms with E-state index in [1.165, 1.54) is 20.3 Å². The number of fused-ring (bicyclic) bond motifs is 1. The summed E-state index contributed by atoms with van der Waals surface area (Å²) in [6.45, 7) is 0. The average Bonchev–Trinajstić information content (AvgIpc) is 2.82. The highest BCUT2D eigenvalue weighted by molar-refractivity contribution is 6.36. The van der Waals surface area contributed by atoms with E-state index in [2.05, 4.69) is 5.32 Å². The van der Waals surface area contributed by atoms with E-state index in [4.69, 9.17) is 37.1 Å². The molecule has 1 amide bonds. The molecule has 0 spiro atoms. The van der Waals surface area contributed by atoms with Crippen LogP contribution in [0.5, 0.6) is 11.5 Å². The van der Waals surface area contributed by atoms with Crippen molar-refractivity contribution in [2.75, 3.05) is 19.5 Å². The van der Waals surface area contributed by atoms with E-state index in [9.17, 15) is 9.59 Å². The topological polar surface area (TPSA) is 77.8 Å². The Kier molecular flexibility index (Phi) is 6.91. The first-order valence-corrected chi connectivity index (χ1v) is 10.9. The number of carbonyl (C=O) groups is 1. The van der Waals surface area contributed by atoms with Crippen LogP contribution in [0.1, 0.15) is 5.56 Å². The summed E-state index contributed by atoms with van der Waals surface area (Å²) in [6.07, 6.45) is 2.89. The fourth-order valence-electron chi connectivity index (χ4n) is 3.51. The zero-order valence-electron chi connectivity index (χ0n) is 18.2. The fourth-order valence-corrected chi connectivity index (χ4v) is 4.10. The van der Waals surface area contributed by atoms with Crippen LogP contribution >= 0.6 is 23.2 Å². The Labute approximate surface area is 205 Å². The van der Waals surface area contributed by atoms with E-state index >= 15 is 0 Å². The molecule has 0 radical (unpaired) electrons. The van der Waals surface area contributed by atoms with Crippen LogP contribution in [-0.2, 0) is 4.79 Å². The summed E-state index contributed by atoms with van der Waals surface area (Å²) in [6, 6.07) is 17.2. The van der Waals surface area contributed by atoms with Crippen molar-refractivity contribution < 1.29 is 18.7 Å². The maximum absolute atomic E-state index is 12.6. The van der Waals surface area contributed by atoms with Gasteiger partial charge in [0, 0.05) is 39.4 Å². The molecule has 0 aliphatic heterocycles. The van der Waals surface area contributed by atoms with Gasteiger partial charge in [0.1, 0.15) is 17.1 Å². The summed E-state index contributed by atoms with van der Waals surface area (Å²) in [7, 11) is 2.97. The third-order valence-corrected chi connectivity index (χ3v) is 5.56. The highest BCUT2D eigenvalue weighted by atomic mass is 35.5. The Morgan fingerprint density at radius 3 is 2.53 bits per heavy atom. The van der Waals surface area contributed by atoms with Crippen LogP contribution in [0.3, 0.4) is 0 Å². The Balaban J connectivity index is 1.59. The third-order valence-electron chi connectivity index (χ3n) is 5.06. The molecule has 1 aromatic heterocycles. The van der Waals surface area contributed by atoms with Crippen LogP contribution < -0.4 is 20.4 Å². The predicted octanol–water partition coefficient (Wildman–Crippen LogP) is 6.44. The monoisotopic (exact) mass is 495 g/mol. The van der Waals surface area contributed by atoms with E-state index in [0.29, 0.717) is 49.5 Å². The molecule has 1 N–H and O–H groups in total. The van der Waals surface area contributed by atoms with E-state index in [1.807, 2.05) is 12.1 Å². The van der Waals surface area contributed by atoms with Crippen molar-refractivity contribution in [3.8, 4) is 22.6 Å². The Morgan fingerprint density at radius 2 is 1.76 bits per heavy atom. The van der Waals surface area contributed by atoms with Crippen molar-refractivity contribution in [1.29, 1.82) is 0 Å². The molecule has 172 valence electrons. The van der Waals surface area contributed by atoms with Crippen molar-refractivity contribution in [2.45, 2.75) is 0 Å². The normalized spacial score (nSPS) is 11.1. The van der Waals surface area contributed by atoms with Gasteiger partial charge in [-0.3, -0.25) is 4.79 Å². The number of methoxy groups -OCH3 is 2. The molecule has 1 heterocycles. The highest BCUT2D eigenvalue weighted by Crippen LogP contribution is 2.34. The Bertz CT molecular complexity index is 1480. The fraction of sp³-hybridized carbons (Fsp3) is 0.0769. The molecule has 0 saturated heterocycles. The zero-order valence-corrected chi connectivity index (χ0v) is 19.7. The molecule has 0 unspecified atom stereocenters. The standard InChI is InChI=1S/C26H19Cl2NO5/c1-32-23-14-18(29-24(30)10-7-16-11-17(27)13-21(28)25(16)33-2)8-9-19(23)20-12-15-5-3-4-6-22(15)34-26(20)31/h3-14H,1-2H3,(H,29,30). The molecule has 34 heavy (non-hydrogen) atoms. The lowest BCUT2D eigenvalue weighted by Crippen LogP contribution is -2.09. The number of ether oxygens (including phenoxy) is 2. The van der Waals surface area contributed by atoms with E-state index in [-0.39, 0.29) is 0 Å². The number of para-hydroxylation sites is 1. The lowest BCUT2D eigenvalue weighted by molar-refractivity contribution is -0.111. The van der Waals surface area contributed by atoms with Crippen molar-refractivity contribution in [3.63, 3.8) is 0 Å². The average molecular weight is 496 g/mol. The van der Waals surface area contributed by atoms with Crippen molar-refractivity contribution in [2.24, 2.45) is 0 Å². The van der Waals surface area contributed by atoms with Crippen LogP contribution in [-0.4, -0.2) is 20.1 Å². The minimum atomic E-state index is -0.481. The second kappa shape index (κ2) is 10.0. The van der Waals surface area contributed by atoms with Gasteiger partial charge >= 0.3 is 5.63 Å². The van der Waals surface area contributed by atoms with Crippen LogP contribution in [0.15, 0.2) is 76.0 Å². The van der Waals surface area contributed by atoms with Gasteiger partial charge in [0.05, 0.1) is 24.8 Å². The van der Waals surface area contributed by atoms with Crippen molar-refractivity contribution >= 4 is 51.8 Å². The van der Waals surface area contributed by atoms with E-state index in [1.54, 1.807) is 54.6 Å². The SMILES string of the molecule is COc1cc(NC(=O)C=Cc2cc(Cl)cc(Cl)c2OC)ccc1-c1cc2ccccc2oc1=O. The van der Waals surface area contributed by atoms with Crippen LogP contribution in [0, 0.1) is 0 Å². The van der Waals surface area contributed by atoms with Crippen LogP contribution in [0.2, 0.25) is 10.0 Å². The first-order valence-electron chi connectivity index (χ1n) is 10.1. The van der Waals surface area contributed by atoms with Gasteiger partial charge < -0.3 is 19.2 Å². The maximum atomic E-state index is 12.6. The summed E-state index contributed by atoms with van der Waals surface area (Å²) in [4.78, 5) is 25.1. The molecule has 6 nitrogen and oxygen atoms in total. The van der Waals surface area contributed by atoms with Crippen LogP contribution in [0.25, 0.3) is 28.2 Å². The smallest absolute Gasteiger partial charge is 0.344 e. The van der Waals surface area contributed by atoms with Crippen LogP contribution in [0.4, 0.5) is 5.69 Å². The molecule has 4 aromatic rings. The minimum absolute atomic E-state index is 0.341. The lowest BCUT2D eigenvalue weighted by atomic mass is 10.0. The number of amides is 1. The predicted molar refractivity (Wildman–Crippen MR) is 135 cm³/mol. The summed E-state index contributed by atoms with van der Waals surface area (Å²) in [5.41, 5.74) is 1.98. The summed E-state index contributed by atoms with van der Waals surface area (Å²) in [5.74, 6) is 0.432. The quantitative estimate of drug-likeness (QED) is 0.246. The molecule has 8 heteroatoms. The summed E-state index contributed by atoms with van der Waals surface area (Å²) in [5, 5.41) is 4.31. The van der Waals surface area contributed by atoms with E-state index in [0.717, 1.165) is 5.39 Å². The van der Waals surface area contributed by atoms with Gasteiger partial charge in [0.2, 0.25) is 5.91 Å². The van der Waals surface area contributed by atoms with Crippen molar-refractivity contribution in [3.05, 3.63) is 92.8 Å². The molecular formula is C26H19Cl2NO5. The number of halogens is 2. The van der Waals surface area contributed by atoms with Gasteiger partial charge in [0.25, 0.3) is 0 Å². The number of hydrogen-bond donors (Lipinski definition) is 1. The van der Waals surface area contributed by atoms with Gasteiger partial charge in [0.15, 0.2) is 0 Å². The number of rotatable bonds is 6. The summed E-state index contributed by atoms with van der Waals surface area (Å²) >= 11 is 12.2. The second-order valence-corrected chi connectivity index (χ2v) is 8.08. The Morgan fingerprint density at radius 1 is 0.971 bits per heavy atom. The zero-order chi connectivity index (χ0) is 24.2. The maximum Gasteiger partial charge on any atom is 0.344 e. The molecule has 0 aliphatic carbocycles. The van der Waals surface area contributed by atoms with Gasteiger partial charge in [-0.05, 0) is 42.5 Å². The highest BCUT2D eigenvalue weighted by Gasteiger charge is 2.14. The molecular weight excluding hydrogens is 477 g/mol. The molecule has 0 saturated carbocycles. The molecule has 3 aromatic carbocycles. The van der Waals surface area contributed by atoms with Gasteiger partial charge in [-0.15, -0.1) is 0 Å². The van der Waals surface area contributed by atoms with Gasteiger partial charge in [-0.2, -0.15) is 0 Å². The Hall–Kier alpha value is -3.74. The largest absolute Gasteiger partial charge is 0.496 e. The number of carbonyl (C=O) groups excluding carboxylic acids is 1. The molecule has 0 bridgehead atoms. The second-order valence-electron chi connectivity index (χ2n) is 7.23. The van der Waals surface area contributed by atoms with Gasteiger partial charge in [-0.25, -0.2) is 4.79 Å². The van der Waals surface area contributed by atoms with Gasteiger partial charge in [-0.1, -0.05) is 41.4 Å². The number of anilines is 1. The third kappa shape index (κ3) is 4.93. The molecule has 0 atom stereocenters. The lowest BCUT2D eigenvalue weighted by Gasteiger charge is -2.11.